The van der Waals surface area contributed by atoms with Gasteiger partial charge in [-0.05, 0) is 18.6 Å². The van der Waals surface area contributed by atoms with Crippen molar-refractivity contribution in [2.75, 3.05) is 24.6 Å². The van der Waals surface area contributed by atoms with Gasteiger partial charge in [-0.15, -0.1) is 5.10 Å². The predicted molar refractivity (Wildman–Crippen MR) is 68.2 cm³/mol. The van der Waals surface area contributed by atoms with Gasteiger partial charge in [-0.25, -0.2) is 4.98 Å². The van der Waals surface area contributed by atoms with Crippen LogP contribution in [0.25, 0.3) is 0 Å². The van der Waals surface area contributed by atoms with Gasteiger partial charge in [0.2, 0.25) is 5.82 Å². The van der Waals surface area contributed by atoms with Crippen LogP contribution in [0.15, 0.2) is 0 Å². The fourth-order valence-electron chi connectivity index (χ4n) is 1.83. The highest BCUT2D eigenvalue weighted by atomic mass is 32.2. The van der Waals surface area contributed by atoms with Gasteiger partial charge in [0.15, 0.2) is 0 Å². The van der Waals surface area contributed by atoms with E-state index in [9.17, 15) is 4.79 Å². The minimum Gasteiger partial charge on any atom is -0.335 e. The quantitative estimate of drug-likeness (QED) is 0.884. The number of aromatic nitrogens is 3. The number of nitrogens with zero attached hydrogens (tertiary/aromatic N) is 3. The predicted octanol–water partition coefficient (Wildman–Crippen LogP) is 1.34. The molecule has 1 amide bonds. The van der Waals surface area contributed by atoms with Crippen molar-refractivity contribution in [3.05, 3.63) is 11.6 Å². The molecule has 0 saturated carbocycles. The van der Waals surface area contributed by atoms with Crippen molar-refractivity contribution in [1.29, 1.82) is 0 Å². The molecule has 2 rings (SSSR count). The van der Waals surface area contributed by atoms with Crippen LogP contribution in [0.2, 0.25) is 0 Å². The van der Waals surface area contributed by atoms with Gasteiger partial charge in [-0.1, -0.05) is 6.92 Å². The number of hydrogen-bond donors (Lipinski definition) is 1. The fraction of sp³-hybridized carbons (Fsp3) is 0.727. The average Bonchev–Trinajstić information content (AvgIpc) is 2.64. The van der Waals surface area contributed by atoms with E-state index >= 15 is 0 Å². The first-order chi connectivity index (χ1) is 8.31. The molecule has 1 aliphatic heterocycles. The lowest BCUT2D eigenvalue weighted by Gasteiger charge is -2.17. The van der Waals surface area contributed by atoms with E-state index in [1.807, 2.05) is 16.7 Å². The van der Waals surface area contributed by atoms with E-state index in [0.717, 1.165) is 49.7 Å². The zero-order valence-corrected chi connectivity index (χ0v) is 10.9. The highest BCUT2D eigenvalue weighted by molar-refractivity contribution is 7.99. The lowest BCUT2D eigenvalue weighted by atomic mass is 10.3. The van der Waals surface area contributed by atoms with E-state index in [1.165, 1.54) is 0 Å². The van der Waals surface area contributed by atoms with Crippen molar-refractivity contribution in [1.82, 2.24) is 20.1 Å². The van der Waals surface area contributed by atoms with Crippen molar-refractivity contribution < 1.29 is 4.79 Å². The van der Waals surface area contributed by atoms with Crippen LogP contribution in [0.3, 0.4) is 0 Å². The molecular formula is C11H18N4OS. The summed E-state index contributed by atoms with van der Waals surface area (Å²) in [5, 5.41) is 6.83. The number of aryl methyl sites for hydroxylation is 1. The number of nitrogens with one attached hydrogen (secondary N) is 1. The summed E-state index contributed by atoms with van der Waals surface area (Å²) in [6.45, 7) is 3.71. The average molecular weight is 254 g/mol. The van der Waals surface area contributed by atoms with Crippen molar-refractivity contribution in [2.45, 2.75) is 26.2 Å². The minimum atomic E-state index is -0.0360. The summed E-state index contributed by atoms with van der Waals surface area (Å²) in [5.41, 5.74) is 0. The first kappa shape index (κ1) is 12.4. The molecule has 0 atom stereocenters. The van der Waals surface area contributed by atoms with Crippen LogP contribution in [-0.2, 0) is 6.42 Å². The maximum absolute atomic E-state index is 12.1. The summed E-state index contributed by atoms with van der Waals surface area (Å²) in [6, 6.07) is 0. The van der Waals surface area contributed by atoms with Gasteiger partial charge < -0.3 is 4.90 Å². The Morgan fingerprint density at radius 3 is 3.18 bits per heavy atom. The van der Waals surface area contributed by atoms with E-state index in [1.54, 1.807) is 0 Å². The number of thioether (sulfide) groups is 1. The largest absolute Gasteiger partial charge is 0.335 e. The monoisotopic (exact) mass is 254 g/mol. The molecule has 0 aromatic carbocycles. The molecule has 1 saturated heterocycles. The third-order valence-corrected chi connectivity index (χ3v) is 3.77. The summed E-state index contributed by atoms with van der Waals surface area (Å²) < 4.78 is 0. The molecule has 1 aromatic rings. The van der Waals surface area contributed by atoms with Gasteiger partial charge in [0, 0.05) is 25.3 Å². The second kappa shape index (κ2) is 6.05. The Labute approximate surface area is 105 Å². The Balaban J connectivity index is 2.01. The zero-order chi connectivity index (χ0) is 12.1. The Morgan fingerprint density at radius 1 is 1.47 bits per heavy atom. The molecule has 1 aromatic heterocycles. The summed E-state index contributed by atoms with van der Waals surface area (Å²) in [7, 11) is 0. The second-order valence-electron chi connectivity index (χ2n) is 4.11. The van der Waals surface area contributed by atoms with Crippen LogP contribution in [-0.4, -0.2) is 50.6 Å². The molecule has 1 aliphatic rings. The van der Waals surface area contributed by atoms with E-state index in [0.29, 0.717) is 5.82 Å². The van der Waals surface area contributed by atoms with Gasteiger partial charge in [0.05, 0.1) is 0 Å². The van der Waals surface area contributed by atoms with E-state index < -0.39 is 0 Å². The highest BCUT2D eigenvalue weighted by Crippen LogP contribution is 2.11. The number of hydrogen-bond acceptors (Lipinski definition) is 4. The van der Waals surface area contributed by atoms with E-state index in [-0.39, 0.29) is 5.91 Å². The molecule has 1 fully saturated rings. The SMILES string of the molecule is CCCc1nc(C(=O)N2CCCSCC2)n[nH]1. The summed E-state index contributed by atoms with van der Waals surface area (Å²) >= 11 is 1.90. The molecule has 17 heavy (non-hydrogen) atoms. The Hall–Kier alpha value is -1.04. The maximum Gasteiger partial charge on any atom is 0.293 e. The highest BCUT2D eigenvalue weighted by Gasteiger charge is 2.21. The Morgan fingerprint density at radius 2 is 2.35 bits per heavy atom. The summed E-state index contributed by atoms with van der Waals surface area (Å²) in [6.07, 6.45) is 2.90. The molecule has 0 radical (unpaired) electrons. The first-order valence-corrected chi connectivity index (χ1v) is 7.25. The molecule has 6 heteroatoms. The van der Waals surface area contributed by atoms with Crippen LogP contribution in [0.1, 0.15) is 36.2 Å². The topological polar surface area (TPSA) is 61.9 Å². The lowest BCUT2D eigenvalue weighted by Crippen LogP contribution is -2.33. The third kappa shape index (κ3) is 3.21. The van der Waals surface area contributed by atoms with Gasteiger partial charge in [-0.3, -0.25) is 9.89 Å². The number of carbonyl (C=O) groups is 1. The molecule has 5 nitrogen and oxygen atoms in total. The Kier molecular flexibility index (Phi) is 4.42. The van der Waals surface area contributed by atoms with Crippen molar-refractivity contribution in [3.8, 4) is 0 Å². The van der Waals surface area contributed by atoms with Gasteiger partial charge in [0.1, 0.15) is 5.82 Å². The van der Waals surface area contributed by atoms with Crippen LogP contribution in [0, 0.1) is 0 Å². The van der Waals surface area contributed by atoms with Crippen LogP contribution >= 0.6 is 11.8 Å². The number of carbonyl (C=O) groups excluding carboxylic acids is 1. The van der Waals surface area contributed by atoms with Crippen LogP contribution < -0.4 is 0 Å². The molecule has 2 heterocycles. The molecule has 94 valence electrons. The van der Waals surface area contributed by atoms with Crippen LogP contribution in [0.4, 0.5) is 0 Å². The first-order valence-electron chi connectivity index (χ1n) is 6.09. The van der Waals surface area contributed by atoms with Crippen molar-refractivity contribution in [2.24, 2.45) is 0 Å². The number of H-pyrrole nitrogens is 1. The van der Waals surface area contributed by atoms with Gasteiger partial charge in [-0.2, -0.15) is 11.8 Å². The van der Waals surface area contributed by atoms with E-state index in [4.69, 9.17) is 0 Å². The van der Waals surface area contributed by atoms with Crippen molar-refractivity contribution in [3.63, 3.8) is 0 Å². The molecule has 0 aliphatic carbocycles. The van der Waals surface area contributed by atoms with Gasteiger partial charge in [0.25, 0.3) is 5.91 Å². The smallest absolute Gasteiger partial charge is 0.293 e. The third-order valence-electron chi connectivity index (χ3n) is 2.72. The number of amides is 1. The normalized spacial score (nSPS) is 16.9. The van der Waals surface area contributed by atoms with Crippen LogP contribution in [0.5, 0.6) is 0 Å². The Bertz CT molecular complexity index is 371. The molecule has 0 spiro atoms. The van der Waals surface area contributed by atoms with Crippen molar-refractivity contribution >= 4 is 17.7 Å². The maximum atomic E-state index is 12.1. The zero-order valence-electron chi connectivity index (χ0n) is 10.1. The number of rotatable bonds is 3. The standard InChI is InChI=1S/C11H18N4OS/c1-2-4-9-12-10(14-13-9)11(16)15-5-3-7-17-8-6-15/h2-8H2,1H3,(H,12,13,14). The van der Waals surface area contributed by atoms with Gasteiger partial charge >= 0.3 is 0 Å². The molecule has 0 unspecified atom stereocenters. The number of aromatic amines is 1. The fourth-order valence-corrected chi connectivity index (χ4v) is 2.72. The second-order valence-corrected chi connectivity index (χ2v) is 5.34. The van der Waals surface area contributed by atoms with E-state index in [2.05, 4.69) is 22.1 Å². The molecule has 0 bridgehead atoms. The minimum absolute atomic E-state index is 0.0360. The molecular weight excluding hydrogens is 236 g/mol. The summed E-state index contributed by atoms with van der Waals surface area (Å²) in [5.74, 6) is 3.24. The summed E-state index contributed by atoms with van der Waals surface area (Å²) in [4.78, 5) is 18.2. The lowest BCUT2D eigenvalue weighted by molar-refractivity contribution is 0.0756. The molecule has 1 N–H and O–H groups in total.